The molecule has 17 heteroatoms. The molecule has 3 aromatic rings. The van der Waals surface area contributed by atoms with Gasteiger partial charge < -0.3 is 50.1 Å². The van der Waals surface area contributed by atoms with Crippen LogP contribution in [0.2, 0.25) is 0 Å². The number of aliphatic imine (C=N–C) groups is 2. The van der Waals surface area contributed by atoms with Crippen LogP contribution in [0.25, 0.3) is 21.9 Å². The lowest BCUT2D eigenvalue weighted by atomic mass is 9.90. The van der Waals surface area contributed by atoms with Crippen LogP contribution in [0.4, 0.5) is 9.59 Å². The topological polar surface area (TPSA) is 214 Å². The molecule has 5 atom stereocenters. The SMILES string of the molecule is COC(=O)N[C@H](C(=O)NCCCCC1=NCC(c2ccc3c(=O)c4cc(C5CN=C([C@@H]6CCCN6C(=O)[C@@H](NC(=O)OC)C6CCOCC6)N5)ccc4oc3c2)N1)C(C)C. The van der Waals surface area contributed by atoms with Gasteiger partial charge in [-0.25, -0.2) is 9.59 Å². The second-order valence-corrected chi connectivity index (χ2v) is 16.2. The lowest BCUT2D eigenvalue weighted by Crippen LogP contribution is -2.56. The molecule has 0 bridgehead atoms. The zero-order valence-electron chi connectivity index (χ0n) is 34.7. The molecule has 4 aliphatic heterocycles. The third-order valence-electron chi connectivity index (χ3n) is 12.0. The molecule has 7 rings (SSSR count). The minimum Gasteiger partial charge on any atom is -0.456 e. The second-order valence-electron chi connectivity index (χ2n) is 16.2. The molecule has 5 heterocycles. The van der Waals surface area contributed by atoms with Gasteiger partial charge in [-0.05, 0) is 85.8 Å². The van der Waals surface area contributed by atoms with E-state index < -0.39 is 24.3 Å². The first kappa shape index (κ1) is 42.4. The minimum absolute atomic E-state index is 0.0501. The molecule has 60 heavy (non-hydrogen) atoms. The summed E-state index contributed by atoms with van der Waals surface area (Å²) in [6, 6.07) is 9.43. The highest BCUT2D eigenvalue weighted by atomic mass is 16.5. The van der Waals surface area contributed by atoms with Crippen LogP contribution in [0.1, 0.15) is 82.0 Å². The first-order valence-electron chi connectivity index (χ1n) is 21.0. The second kappa shape index (κ2) is 19.1. The fraction of sp³-hybridized carbons (Fsp3) is 0.558. The number of nitrogens with zero attached hydrogens (tertiary/aromatic N) is 3. The van der Waals surface area contributed by atoms with E-state index in [0.717, 1.165) is 54.9 Å². The number of hydrogen-bond donors (Lipinski definition) is 5. The minimum atomic E-state index is -0.710. The van der Waals surface area contributed by atoms with Crippen molar-refractivity contribution in [3.8, 4) is 0 Å². The van der Waals surface area contributed by atoms with E-state index in [9.17, 15) is 24.0 Å². The molecule has 2 aromatic carbocycles. The molecule has 2 fully saturated rings. The Hall–Kier alpha value is -5.71. The first-order chi connectivity index (χ1) is 29.0. The van der Waals surface area contributed by atoms with E-state index in [1.165, 1.54) is 14.2 Å². The van der Waals surface area contributed by atoms with Crippen molar-refractivity contribution in [2.24, 2.45) is 21.8 Å². The summed E-state index contributed by atoms with van der Waals surface area (Å²) in [6.07, 6.45) is 3.93. The lowest BCUT2D eigenvalue weighted by Gasteiger charge is -2.34. The Morgan fingerprint density at radius 3 is 2.35 bits per heavy atom. The van der Waals surface area contributed by atoms with Gasteiger partial charge in [-0.3, -0.25) is 24.4 Å². The maximum atomic E-state index is 14.0. The molecule has 322 valence electrons. The van der Waals surface area contributed by atoms with Crippen molar-refractivity contribution >= 4 is 57.6 Å². The Bertz CT molecular complexity index is 2200. The summed E-state index contributed by atoms with van der Waals surface area (Å²) in [6.45, 7) is 6.86. The molecule has 0 spiro atoms. The van der Waals surface area contributed by atoms with Crippen LogP contribution in [0.3, 0.4) is 0 Å². The number of alkyl carbamates (subject to hydrolysis) is 2. The van der Waals surface area contributed by atoms with Gasteiger partial charge in [0.25, 0.3) is 0 Å². The van der Waals surface area contributed by atoms with Crippen LogP contribution < -0.4 is 32.0 Å². The van der Waals surface area contributed by atoms with Gasteiger partial charge in [0, 0.05) is 32.7 Å². The number of benzene rings is 2. The van der Waals surface area contributed by atoms with Gasteiger partial charge in [0.1, 0.15) is 29.1 Å². The predicted octanol–water partition coefficient (Wildman–Crippen LogP) is 3.84. The molecular weight excluding hydrogens is 773 g/mol. The number of nitrogens with one attached hydrogen (secondary N) is 5. The highest BCUT2D eigenvalue weighted by molar-refractivity contribution is 5.96. The predicted molar refractivity (Wildman–Crippen MR) is 225 cm³/mol. The first-order valence-corrected chi connectivity index (χ1v) is 21.0. The Morgan fingerprint density at radius 2 is 1.58 bits per heavy atom. The number of likely N-dealkylation sites (tertiary alicyclic amines) is 1. The van der Waals surface area contributed by atoms with E-state index >= 15 is 0 Å². The van der Waals surface area contributed by atoms with Crippen molar-refractivity contribution < 1.29 is 37.8 Å². The summed E-state index contributed by atoms with van der Waals surface area (Å²) >= 11 is 0. The Kier molecular flexibility index (Phi) is 13.5. The molecule has 2 saturated heterocycles. The van der Waals surface area contributed by atoms with Crippen molar-refractivity contribution in [1.29, 1.82) is 0 Å². The summed E-state index contributed by atoms with van der Waals surface area (Å²) in [5.74, 6) is 1.10. The standard InChI is InChI=1S/C43H56N8O9/c1-24(2)36(49-42(55)57-3)40(53)44-16-6-5-9-35-45-22-30(47-35)27-10-12-28-34(21-27)60-33-13-11-26(20-29(33)38(28)52)31-23-46-39(48-31)32-8-7-17-51(32)41(54)37(50-43(56)58-4)25-14-18-59-19-15-25/h10-13,20-21,24-25,30-32,36-37H,5-9,14-19,22-23H2,1-4H3,(H,44,53)(H,45,47)(H,46,48)(H,49,55)(H,50,56)/t30?,31?,32-,36-,37-/m0/s1. The largest absolute Gasteiger partial charge is 0.456 e. The molecule has 0 aliphatic carbocycles. The molecule has 2 unspecified atom stereocenters. The third kappa shape index (κ3) is 9.51. The van der Waals surface area contributed by atoms with Crippen LogP contribution >= 0.6 is 0 Å². The maximum absolute atomic E-state index is 14.0. The smallest absolute Gasteiger partial charge is 0.407 e. The van der Waals surface area contributed by atoms with Crippen LogP contribution in [0.5, 0.6) is 0 Å². The van der Waals surface area contributed by atoms with Crippen molar-refractivity contribution in [2.45, 2.75) is 89.0 Å². The van der Waals surface area contributed by atoms with Crippen molar-refractivity contribution in [2.75, 3.05) is 53.6 Å². The number of carbonyl (C=O) groups excluding carboxylic acids is 4. The van der Waals surface area contributed by atoms with Crippen LogP contribution in [0.15, 0.2) is 55.6 Å². The molecule has 0 radical (unpaired) electrons. The van der Waals surface area contributed by atoms with Gasteiger partial charge in [0.2, 0.25) is 17.2 Å². The summed E-state index contributed by atoms with van der Waals surface area (Å²) in [4.78, 5) is 75.8. The molecule has 1 aromatic heterocycles. The average molecular weight is 829 g/mol. The van der Waals surface area contributed by atoms with E-state index in [2.05, 4.69) is 31.3 Å². The van der Waals surface area contributed by atoms with E-state index in [-0.39, 0.29) is 47.2 Å². The quantitative estimate of drug-likeness (QED) is 0.116. The number of unbranched alkanes of at least 4 members (excludes halogenated alkanes) is 1. The monoisotopic (exact) mass is 828 g/mol. The van der Waals surface area contributed by atoms with Crippen molar-refractivity contribution in [3.05, 3.63) is 57.7 Å². The number of methoxy groups -OCH3 is 2. The number of ether oxygens (including phenoxy) is 3. The average Bonchev–Trinajstić information content (AvgIpc) is 4.06. The van der Waals surface area contributed by atoms with Gasteiger partial charge in [-0.1, -0.05) is 26.0 Å². The van der Waals surface area contributed by atoms with E-state index in [0.29, 0.717) is 74.2 Å². The molecule has 5 N–H and O–H groups in total. The molecule has 17 nitrogen and oxygen atoms in total. The van der Waals surface area contributed by atoms with Gasteiger partial charge in [-0.2, -0.15) is 0 Å². The number of carbonyl (C=O) groups is 4. The molecule has 4 amide bonds. The maximum Gasteiger partial charge on any atom is 0.407 e. The van der Waals surface area contributed by atoms with Gasteiger partial charge in [0.15, 0.2) is 0 Å². The number of rotatable bonds is 14. The Balaban J connectivity index is 0.942. The molecular formula is C43H56N8O9. The van der Waals surface area contributed by atoms with E-state index in [1.807, 2.05) is 55.1 Å². The zero-order valence-corrected chi connectivity index (χ0v) is 34.7. The fourth-order valence-electron chi connectivity index (χ4n) is 8.58. The van der Waals surface area contributed by atoms with Crippen molar-refractivity contribution in [3.63, 3.8) is 0 Å². The van der Waals surface area contributed by atoms with Gasteiger partial charge >= 0.3 is 12.2 Å². The summed E-state index contributed by atoms with van der Waals surface area (Å²) < 4.78 is 21.3. The van der Waals surface area contributed by atoms with Crippen LogP contribution in [-0.2, 0) is 23.8 Å². The Morgan fingerprint density at radius 1 is 0.867 bits per heavy atom. The van der Waals surface area contributed by atoms with Crippen molar-refractivity contribution in [1.82, 2.24) is 31.5 Å². The lowest BCUT2D eigenvalue weighted by molar-refractivity contribution is -0.135. The number of amidine groups is 2. The highest BCUT2D eigenvalue weighted by Gasteiger charge is 2.41. The number of fused-ring (bicyclic) bond motifs is 2. The van der Waals surface area contributed by atoms with Gasteiger partial charge in [-0.15, -0.1) is 0 Å². The number of hydrogen-bond acceptors (Lipinski definition) is 13. The van der Waals surface area contributed by atoms with E-state index in [4.69, 9.17) is 23.9 Å². The number of amides is 4. The summed E-state index contributed by atoms with van der Waals surface area (Å²) in [7, 11) is 2.56. The summed E-state index contributed by atoms with van der Waals surface area (Å²) in [5.41, 5.74) is 2.73. The summed E-state index contributed by atoms with van der Waals surface area (Å²) in [5, 5.41) is 16.3. The zero-order chi connectivity index (χ0) is 42.3. The molecule has 4 aliphatic rings. The van der Waals surface area contributed by atoms with Crippen LogP contribution in [-0.4, -0.2) is 112 Å². The highest BCUT2D eigenvalue weighted by Crippen LogP contribution is 2.30. The van der Waals surface area contributed by atoms with E-state index in [1.54, 1.807) is 0 Å². The Labute approximate surface area is 348 Å². The third-order valence-corrected chi connectivity index (χ3v) is 12.0. The molecule has 0 saturated carbocycles. The van der Waals surface area contributed by atoms with Gasteiger partial charge in [0.05, 0.1) is 62.0 Å². The fourth-order valence-corrected chi connectivity index (χ4v) is 8.58. The van der Waals surface area contributed by atoms with Crippen LogP contribution in [0, 0.1) is 11.8 Å². The normalized spacial score (nSPS) is 21.5.